The van der Waals surface area contributed by atoms with Crippen LogP contribution in [0.15, 0.2) is 17.1 Å². The highest BCUT2D eigenvalue weighted by molar-refractivity contribution is 5.76. The second kappa shape index (κ2) is 2.94. The summed E-state index contributed by atoms with van der Waals surface area (Å²) in [7, 11) is 0. The Labute approximate surface area is 68.9 Å². The molecule has 1 aromatic rings. The van der Waals surface area contributed by atoms with E-state index in [0.717, 1.165) is 0 Å². The van der Waals surface area contributed by atoms with Crippen molar-refractivity contribution in [2.45, 2.75) is 13.0 Å². The van der Waals surface area contributed by atoms with E-state index in [4.69, 9.17) is 9.25 Å². The lowest BCUT2D eigenvalue weighted by atomic mass is 10.4. The number of hydrogen-bond donors (Lipinski definition) is 0. The number of hydrogen-bond acceptors (Lipinski definition) is 4. The van der Waals surface area contributed by atoms with Crippen LogP contribution in [0, 0.1) is 0 Å². The van der Waals surface area contributed by atoms with Gasteiger partial charge in [0.25, 0.3) is 0 Å². The molecule has 0 aromatic carbocycles. The maximum atomic E-state index is 11.0. The Morgan fingerprint density at radius 2 is 2.58 bits per heavy atom. The third-order valence-electron chi connectivity index (χ3n) is 1.63. The monoisotopic (exact) mass is 168 g/mol. The lowest BCUT2D eigenvalue weighted by Gasteiger charge is -2.10. The first kappa shape index (κ1) is 7.30. The van der Waals surface area contributed by atoms with E-state index in [1.54, 1.807) is 0 Å². The number of rotatable bonds is 2. The van der Waals surface area contributed by atoms with Crippen LogP contribution in [0.4, 0.5) is 0 Å². The van der Waals surface area contributed by atoms with E-state index in [2.05, 4.69) is 4.98 Å². The number of carbonyl (C=O) groups is 1. The Bertz CT molecular complexity index is 270. The Morgan fingerprint density at radius 3 is 3.17 bits per heavy atom. The number of aromatic nitrogens is 1. The molecule has 2 heterocycles. The fraction of sp³-hybridized carbons (Fsp3) is 0.429. The number of carbonyl (C=O) groups excluding carboxylic acids is 1. The van der Waals surface area contributed by atoms with Gasteiger partial charge in [-0.15, -0.1) is 0 Å². The molecule has 1 aromatic heterocycles. The van der Waals surface area contributed by atoms with Crippen molar-refractivity contribution in [2.75, 3.05) is 6.61 Å². The van der Waals surface area contributed by atoms with Crippen molar-refractivity contribution in [3.63, 3.8) is 0 Å². The van der Waals surface area contributed by atoms with Gasteiger partial charge in [-0.05, 0) is 0 Å². The standard InChI is InChI=1S/C7H8N2O3/c10-7-1-2-12-9(7)3-6-4-11-5-8-6/h4-5H,1-3H2. The molecule has 1 aliphatic rings. The van der Waals surface area contributed by atoms with E-state index in [1.165, 1.54) is 17.7 Å². The normalized spacial score (nSPS) is 17.3. The van der Waals surface area contributed by atoms with Gasteiger partial charge in [-0.25, -0.2) is 10.0 Å². The molecule has 64 valence electrons. The maximum Gasteiger partial charge on any atom is 0.248 e. The van der Waals surface area contributed by atoms with Crippen molar-refractivity contribution in [2.24, 2.45) is 0 Å². The summed E-state index contributed by atoms with van der Waals surface area (Å²) < 4.78 is 4.76. The minimum absolute atomic E-state index is 0.00185. The Balaban J connectivity index is 1.99. The zero-order valence-corrected chi connectivity index (χ0v) is 6.40. The van der Waals surface area contributed by atoms with E-state index in [1.807, 2.05) is 0 Å². The van der Waals surface area contributed by atoms with E-state index in [0.29, 0.717) is 25.3 Å². The Kier molecular flexibility index (Phi) is 1.79. The SMILES string of the molecule is O=C1CCON1Cc1cocn1. The Hall–Kier alpha value is -1.36. The van der Waals surface area contributed by atoms with Crippen molar-refractivity contribution < 1.29 is 14.0 Å². The van der Waals surface area contributed by atoms with Crippen LogP contribution in [0.2, 0.25) is 0 Å². The molecular formula is C7H8N2O3. The highest BCUT2D eigenvalue weighted by Gasteiger charge is 2.22. The van der Waals surface area contributed by atoms with Crippen LogP contribution < -0.4 is 0 Å². The molecule has 1 aliphatic heterocycles. The molecule has 0 atom stereocenters. The third kappa shape index (κ3) is 1.31. The molecule has 2 rings (SSSR count). The van der Waals surface area contributed by atoms with Crippen LogP contribution in [0.25, 0.3) is 0 Å². The van der Waals surface area contributed by atoms with Gasteiger partial charge in [-0.2, -0.15) is 0 Å². The summed E-state index contributed by atoms with van der Waals surface area (Å²) in [6.45, 7) is 0.839. The number of oxazole rings is 1. The predicted molar refractivity (Wildman–Crippen MR) is 37.6 cm³/mol. The number of amides is 1. The summed E-state index contributed by atoms with van der Waals surface area (Å²) in [5.74, 6) is -0.00185. The second-order valence-electron chi connectivity index (χ2n) is 2.49. The van der Waals surface area contributed by atoms with E-state index in [9.17, 15) is 4.79 Å². The molecule has 5 heteroatoms. The minimum Gasteiger partial charge on any atom is -0.451 e. The number of hydroxylamine groups is 2. The van der Waals surface area contributed by atoms with Crippen LogP contribution in [0.1, 0.15) is 12.1 Å². The lowest BCUT2D eigenvalue weighted by Crippen LogP contribution is -2.22. The van der Waals surface area contributed by atoms with Crippen molar-refractivity contribution in [3.8, 4) is 0 Å². The zero-order chi connectivity index (χ0) is 8.39. The molecule has 0 unspecified atom stereocenters. The molecule has 0 bridgehead atoms. The highest BCUT2D eigenvalue weighted by Crippen LogP contribution is 2.10. The number of nitrogens with zero attached hydrogens (tertiary/aromatic N) is 2. The summed E-state index contributed by atoms with van der Waals surface area (Å²) in [5.41, 5.74) is 0.699. The average molecular weight is 168 g/mol. The predicted octanol–water partition coefficient (Wildman–Crippen LogP) is 0.339. The van der Waals surface area contributed by atoms with E-state index >= 15 is 0 Å². The van der Waals surface area contributed by atoms with E-state index < -0.39 is 0 Å². The molecule has 0 radical (unpaired) electrons. The molecule has 5 nitrogen and oxygen atoms in total. The summed E-state index contributed by atoms with van der Waals surface area (Å²) in [6, 6.07) is 0. The summed E-state index contributed by atoms with van der Waals surface area (Å²) in [4.78, 5) is 20.0. The quantitative estimate of drug-likeness (QED) is 0.638. The molecule has 1 saturated heterocycles. The smallest absolute Gasteiger partial charge is 0.248 e. The van der Waals surface area contributed by atoms with Gasteiger partial charge in [-0.3, -0.25) is 9.63 Å². The third-order valence-corrected chi connectivity index (χ3v) is 1.63. The Morgan fingerprint density at radius 1 is 1.67 bits per heavy atom. The van der Waals surface area contributed by atoms with Crippen LogP contribution >= 0.6 is 0 Å². The highest BCUT2D eigenvalue weighted by atomic mass is 16.7. The van der Waals surface area contributed by atoms with Crippen molar-refractivity contribution in [1.82, 2.24) is 10.0 Å². The fourth-order valence-corrected chi connectivity index (χ4v) is 1.04. The maximum absolute atomic E-state index is 11.0. The fourth-order valence-electron chi connectivity index (χ4n) is 1.04. The van der Waals surface area contributed by atoms with Crippen molar-refractivity contribution in [3.05, 3.63) is 18.4 Å². The van der Waals surface area contributed by atoms with Crippen LogP contribution in [0.5, 0.6) is 0 Å². The molecule has 1 fully saturated rings. The molecule has 0 saturated carbocycles. The molecule has 0 N–H and O–H groups in total. The topological polar surface area (TPSA) is 55.6 Å². The van der Waals surface area contributed by atoms with Gasteiger partial charge in [0.05, 0.1) is 19.6 Å². The van der Waals surface area contributed by atoms with Crippen molar-refractivity contribution in [1.29, 1.82) is 0 Å². The first-order valence-corrected chi connectivity index (χ1v) is 3.66. The average Bonchev–Trinajstić information content (AvgIpc) is 2.65. The second-order valence-corrected chi connectivity index (χ2v) is 2.49. The van der Waals surface area contributed by atoms with Gasteiger partial charge >= 0.3 is 0 Å². The molecule has 12 heavy (non-hydrogen) atoms. The lowest BCUT2D eigenvalue weighted by molar-refractivity contribution is -0.164. The molecule has 0 spiro atoms. The molecular weight excluding hydrogens is 160 g/mol. The minimum atomic E-state index is -0.00185. The van der Waals surface area contributed by atoms with Crippen LogP contribution in [0.3, 0.4) is 0 Å². The molecule has 0 aliphatic carbocycles. The van der Waals surface area contributed by atoms with Gasteiger partial charge in [-0.1, -0.05) is 0 Å². The summed E-state index contributed by atoms with van der Waals surface area (Å²) in [6.07, 6.45) is 3.28. The zero-order valence-electron chi connectivity index (χ0n) is 6.40. The first-order chi connectivity index (χ1) is 5.86. The van der Waals surface area contributed by atoms with Crippen LogP contribution in [-0.2, 0) is 16.2 Å². The van der Waals surface area contributed by atoms with E-state index in [-0.39, 0.29) is 5.91 Å². The van der Waals surface area contributed by atoms with Gasteiger partial charge < -0.3 is 4.42 Å². The van der Waals surface area contributed by atoms with Crippen LogP contribution in [-0.4, -0.2) is 22.6 Å². The van der Waals surface area contributed by atoms with Gasteiger partial charge in [0.2, 0.25) is 5.91 Å². The summed E-state index contributed by atoms with van der Waals surface area (Å²) in [5, 5.41) is 1.30. The first-order valence-electron chi connectivity index (χ1n) is 3.66. The largest absolute Gasteiger partial charge is 0.451 e. The van der Waals surface area contributed by atoms with Gasteiger partial charge in [0.1, 0.15) is 12.0 Å². The van der Waals surface area contributed by atoms with Crippen molar-refractivity contribution >= 4 is 5.91 Å². The molecule has 1 amide bonds. The summed E-state index contributed by atoms with van der Waals surface area (Å²) >= 11 is 0. The van der Waals surface area contributed by atoms with Gasteiger partial charge in [0.15, 0.2) is 6.39 Å². The van der Waals surface area contributed by atoms with Gasteiger partial charge in [0, 0.05) is 0 Å².